The van der Waals surface area contributed by atoms with Gasteiger partial charge in [-0.15, -0.1) is 0 Å². The topological polar surface area (TPSA) is 33.4 Å². The van der Waals surface area contributed by atoms with Crippen molar-refractivity contribution in [2.45, 2.75) is 32.3 Å². The minimum Gasteiger partial charge on any atom is -0.456 e. The van der Waals surface area contributed by atoms with Crippen molar-refractivity contribution in [3.63, 3.8) is 0 Å². The Hall–Kier alpha value is -0.990. The molecule has 0 saturated carbocycles. The third-order valence-corrected chi connectivity index (χ3v) is 3.06. The molecular weight excluding hydrogens is 224 g/mol. The Balaban J connectivity index is 2.51. The SMILES string of the molecule is CCCC(C)(O)c1cc2cccc(Cl)c2o1. The van der Waals surface area contributed by atoms with Crippen molar-refractivity contribution in [1.82, 2.24) is 0 Å². The van der Waals surface area contributed by atoms with E-state index in [2.05, 4.69) is 0 Å². The summed E-state index contributed by atoms with van der Waals surface area (Å²) < 4.78 is 5.63. The first kappa shape index (κ1) is 11.5. The molecule has 2 rings (SSSR count). The highest BCUT2D eigenvalue weighted by Crippen LogP contribution is 2.33. The second-order valence-corrected chi connectivity index (χ2v) is 4.70. The summed E-state index contributed by atoms with van der Waals surface area (Å²) in [7, 11) is 0. The molecule has 86 valence electrons. The third-order valence-electron chi connectivity index (χ3n) is 2.76. The van der Waals surface area contributed by atoms with Crippen LogP contribution in [-0.2, 0) is 5.60 Å². The summed E-state index contributed by atoms with van der Waals surface area (Å²) in [6.45, 7) is 3.80. The van der Waals surface area contributed by atoms with Gasteiger partial charge in [-0.1, -0.05) is 37.1 Å². The van der Waals surface area contributed by atoms with E-state index in [1.807, 2.05) is 25.1 Å². The Labute approximate surface area is 99.8 Å². The molecule has 1 aromatic heterocycles. The van der Waals surface area contributed by atoms with Gasteiger partial charge in [0.05, 0.1) is 5.02 Å². The summed E-state index contributed by atoms with van der Waals surface area (Å²) in [5.74, 6) is 0.581. The summed E-state index contributed by atoms with van der Waals surface area (Å²) in [5, 5.41) is 11.8. The number of benzene rings is 1. The molecule has 1 aromatic carbocycles. The van der Waals surface area contributed by atoms with Crippen molar-refractivity contribution >= 4 is 22.6 Å². The molecule has 2 nitrogen and oxygen atoms in total. The molecule has 0 amide bonds. The Morgan fingerprint density at radius 2 is 2.19 bits per heavy atom. The van der Waals surface area contributed by atoms with Crippen molar-refractivity contribution in [3.8, 4) is 0 Å². The molecule has 0 fully saturated rings. The van der Waals surface area contributed by atoms with Gasteiger partial charge in [-0.3, -0.25) is 0 Å². The lowest BCUT2D eigenvalue weighted by atomic mass is 9.97. The molecule has 0 aliphatic rings. The summed E-state index contributed by atoms with van der Waals surface area (Å²) in [4.78, 5) is 0. The fraction of sp³-hybridized carbons (Fsp3) is 0.385. The third kappa shape index (κ3) is 1.95. The summed E-state index contributed by atoms with van der Waals surface area (Å²) in [6.07, 6.45) is 1.57. The number of furan rings is 1. The summed E-state index contributed by atoms with van der Waals surface area (Å²) in [5.41, 5.74) is -0.271. The molecule has 1 heterocycles. The van der Waals surface area contributed by atoms with Gasteiger partial charge in [-0.25, -0.2) is 0 Å². The maximum absolute atomic E-state index is 10.2. The first-order chi connectivity index (χ1) is 7.54. The molecular formula is C13H15ClO2. The molecule has 0 aliphatic carbocycles. The van der Waals surface area contributed by atoms with Gasteiger partial charge in [0.15, 0.2) is 5.58 Å². The number of para-hydroxylation sites is 1. The molecule has 1 unspecified atom stereocenters. The lowest BCUT2D eigenvalue weighted by Crippen LogP contribution is -2.19. The normalized spacial score (nSPS) is 15.2. The number of hydrogen-bond acceptors (Lipinski definition) is 2. The second kappa shape index (κ2) is 4.11. The molecule has 0 aliphatic heterocycles. The number of halogens is 1. The first-order valence-electron chi connectivity index (χ1n) is 5.45. The Bertz CT molecular complexity index is 500. The van der Waals surface area contributed by atoms with Gasteiger partial charge in [0.1, 0.15) is 11.4 Å². The van der Waals surface area contributed by atoms with E-state index >= 15 is 0 Å². The van der Waals surface area contributed by atoms with E-state index in [4.69, 9.17) is 16.0 Å². The lowest BCUT2D eigenvalue weighted by molar-refractivity contribution is 0.0261. The molecule has 16 heavy (non-hydrogen) atoms. The molecule has 0 bridgehead atoms. The van der Waals surface area contributed by atoms with Crippen LogP contribution in [0, 0.1) is 0 Å². The van der Waals surface area contributed by atoms with Gasteiger partial charge in [0.25, 0.3) is 0 Å². The average Bonchev–Trinajstić information content (AvgIpc) is 2.63. The van der Waals surface area contributed by atoms with E-state index in [1.54, 1.807) is 13.0 Å². The average molecular weight is 239 g/mol. The molecule has 1 atom stereocenters. The van der Waals surface area contributed by atoms with Crippen LogP contribution >= 0.6 is 11.6 Å². The van der Waals surface area contributed by atoms with Crippen LogP contribution in [0.5, 0.6) is 0 Å². The molecule has 0 saturated heterocycles. The van der Waals surface area contributed by atoms with Gasteiger partial charge in [0, 0.05) is 5.39 Å². The zero-order valence-electron chi connectivity index (χ0n) is 9.46. The van der Waals surface area contributed by atoms with Gasteiger partial charge >= 0.3 is 0 Å². The zero-order valence-corrected chi connectivity index (χ0v) is 10.2. The quantitative estimate of drug-likeness (QED) is 0.874. The maximum Gasteiger partial charge on any atom is 0.153 e. The minimum absolute atomic E-state index is 0.580. The fourth-order valence-corrected chi connectivity index (χ4v) is 2.12. The van der Waals surface area contributed by atoms with Crippen molar-refractivity contribution in [2.24, 2.45) is 0 Å². The van der Waals surface area contributed by atoms with Gasteiger partial charge in [-0.2, -0.15) is 0 Å². The Kier molecular flexibility index (Phi) is 2.96. The van der Waals surface area contributed by atoms with Crippen LogP contribution in [0.4, 0.5) is 0 Å². The molecule has 0 spiro atoms. The van der Waals surface area contributed by atoms with Crippen LogP contribution in [0.1, 0.15) is 32.4 Å². The van der Waals surface area contributed by atoms with Crippen LogP contribution in [-0.4, -0.2) is 5.11 Å². The van der Waals surface area contributed by atoms with Crippen LogP contribution < -0.4 is 0 Å². The highest BCUT2D eigenvalue weighted by Gasteiger charge is 2.26. The first-order valence-corrected chi connectivity index (χ1v) is 5.83. The fourth-order valence-electron chi connectivity index (χ4n) is 1.90. The lowest BCUT2D eigenvalue weighted by Gasteiger charge is -2.19. The second-order valence-electron chi connectivity index (χ2n) is 4.29. The zero-order chi connectivity index (χ0) is 11.8. The predicted octanol–water partition coefficient (Wildman–Crippen LogP) is 4.09. The summed E-state index contributed by atoms with van der Waals surface area (Å²) >= 11 is 6.02. The molecule has 1 N–H and O–H groups in total. The molecule has 0 radical (unpaired) electrons. The van der Waals surface area contributed by atoms with Gasteiger partial charge in [0.2, 0.25) is 0 Å². The van der Waals surface area contributed by atoms with Gasteiger partial charge in [-0.05, 0) is 25.5 Å². The Morgan fingerprint density at radius 3 is 2.81 bits per heavy atom. The van der Waals surface area contributed by atoms with Crippen molar-refractivity contribution < 1.29 is 9.52 Å². The molecule has 2 aromatic rings. The predicted molar refractivity (Wildman–Crippen MR) is 65.7 cm³/mol. The van der Waals surface area contributed by atoms with E-state index < -0.39 is 5.60 Å². The largest absolute Gasteiger partial charge is 0.456 e. The van der Waals surface area contributed by atoms with E-state index in [-0.39, 0.29) is 0 Å². The van der Waals surface area contributed by atoms with E-state index in [0.29, 0.717) is 22.8 Å². The molecule has 3 heteroatoms. The van der Waals surface area contributed by atoms with Crippen molar-refractivity contribution in [1.29, 1.82) is 0 Å². The van der Waals surface area contributed by atoms with Gasteiger partial charge < -0.3 is 9.52 Å². The van der Waals surface area contributed by atoms with E-state index in [0.717, 1.165) is 11.8 Å². The van der Waals surface area contributed by atoms with E-state index in [9.17, 15) is 5.11 Å². The number of rotatable bonds is 3. The standard InChI is InChI=1S/C13H15ClO2/c1-3-7-13(2,15)11-8-9-5-4-6-10(14)12(9)16-11/h4-6,8,15H,3,7H2,1-2H3. The van der Waals surface area contributed by atoms with Crippen LogP contribution in [0.25, 0.3) is 11.0 Å². The Morgan fingerprint density at radius 1 is 1.44 bits per heavy atom. The van der Waals surface area contributed by atoms with E-state index in [1.165, 1.54) is 0 Å². The van der Waals surface area contributed by atoms with Crippen molar-refractivity contribution in [2.75, 3.05) is 0 Å². The highest BCUT2D eigenvalue weighted by molar-refractivity contribution is 6.34. The number of aliphatic hydroxyl groups is 1. The van der Waals surface area contributed by atoms with Crippen LogP contribution in [0.2, 0.25) is 5.02 Å². The van der Waals surface area contributed by atoms with Crippen LogP contribution in [0.3, 0.4) is 0 Å². The number of hydrogen-bond donors (Lipinski definition) is 1. The number of fused-ring (bicyclic) bond motifs is 1. The minimum atomic E-state index is -0.920. The smallest absolute Gasteiger partial charge is 0.153 e. The highest BCUT2D eigenvalue weighted by atomic mass is 35.5. The summed E-state index contributed by atoms with van der Waals surface area (Å²) in [6, 6.07) is 7.44. The maximum atomic E-state index is 10.2. The van der Waals surface area contributed by atoms with Crippen molar-refractivity contribution in [3.05, 3.63) is 35.0 Å². The monoisotopic (exact) mass is 238 g/mol. The van der Waals surface area contributed by atoms with Crippen LogP contribution in [0.15, 0.2) is 28.7 Å².